The summed E-state index contributed by atoms with van der Waals surface area (Å²) in [7, 11) is 1.59. The summed E-state index contributed by atoms with van der Waals surface area (Å²) in [5.74, 6) is -0.904. The molecule has 1 amide bonds. The molecule has 0 radical (unpaired) electrons. The molecule has 0 spiro atoms. The Kier molecular flexibility index (Phi) is 4.93. The van der Waals surface area contributed by atoms with Crippen molar-refractivity contribution in [2.75, 3.05) is 13.7 Å². The Labute approximate surface area is 102 Å². The van der Waals surface area contributed by atoms with Crippen LogP contribution in [0.4, 0.5) is 0 Å². The van der Waals surface area contributed by atoms with E-state index >= 15 is 0 Å². The molecular formula is C12H21NO4. The average Bonchev–Trinajstić information content (AvgIpc) is 2.62. The van der Waals surface area contributed by atoms with Gasteiger partial charge in [-0.25, -0.2) is 0 Å². The summed E-state index contributed by atoms with van der Waals surface area (Å²) in [6.07, 6.45) is 3.29. The number of rotatable bonds is 6. The van der Waals surface area contributed by atoms with Crippen LogP contribution in [0.25, 0.3) is 0 Å². The molecule has 1 aliphatic rings. The molecule has 0 bridgehead atoms. The van der Waals surface area contributed by atoms with Crippen molar-refractivity contribution in [3.63, 3.8) is 0 Å². The van der Waals surface area contributed by atoms with Gasteiger partial charge < -0.3 is 15.2 Å². The lowest BCUT2D eigenvalue weighted by atomic mass is 9.85. The summed E-state index contributed by atoms with van der Waals surface area (Å²) < 4.78 is 4.87. The number of carbonyl (C=O) groups is 2. The van der Waals surface area contributed by atoms with Crippen LogP contribution in [0.1, 0.15) is 39.0 Å². The molecule has 5 heteroatoms. The fraction of sp³-hybridized carbons (Fsp3) is 0.833. The topological polar surface area (TPSA) is 75.6 Å². The van der Waals surface area contributed by atoms with Crippen molar-refractivity contribution in [3.05, 3.63) is 0 Å². The van der Waals surface area contributed by atoms with Crippen LogP contribution in [0.15, 0.2) is 0 Å². The third-order valence-electron chi connectivity index (χ3n) is 3.53. The van der Waals surface area contributed by atoms with Crippen molar-refractivity contribution >= 4 is 11.9 Å². The van der Waals surface area contributed by atoms with E-state index in [1.165, 1.54) is 0 Å². The third-order valence-corrected chi connectivity index (χ3v) is 3.53. The minimum Gasteiger partial charge on any atom is -0.481 e. The first-order chi connectivity index (χ1) is 8.00. The maximum Gasteiger partial charge on any atom is 0.311 e. The Morgan fingerprint density at radius 1 is 1.53 bits per heavy atom. The van der Waals surface area contributed by atoms with E-state index in [0.29, 0.717) is 25.9 Å². The van der Waals surface area contributed by atoms with Crippen molar-refractivity contribution in [3.8, 4) is 0 Å². The van der Waals surface area contributed by atoms with E-state index < -0.39 is 11.4 Å². The van der Waals surface area contributed by atoms with E-state index in [4.69, 9.17) is 4.74 Å². The van der Waals surface area contributed by atoms with Gasteiger partial charge in [-0.2, -0.15) is 0 Å². The van der Waals surface area contributed by atoms with E-state index in [-0.39, 0.29) is 11.9 Å². The van der Waals surface area contributed by atoms with Crippen LogP contribution in [0, 0.1) is 5.41 Å². The molecule has 1 aliphatic carbocycles. The van der Waals surface area contributed by atoms with Crippen LogP contribution >= 0.6 is 0 Å². The number of hydrogen-bond acceptors (Lipinski definition) is 3. The minimum absolute atomic E-state index is 0.0820. The monoisotopic (exact) mass is 243 g/mol. The maximum absolute atomic E-state index is 11.6. The zero-order valence-electron chi connectivity index (χ0n) is 10.5. The summed E-state index contributed by atoms with van der Waals surface area (Å²) in [6, 6.07) is -0.241. The summed E-state index contributed by atoms with van der Waals surface area (Å²) in [6.45, 7) is 2.26. The Bertz CT molecular complexity index is 292. The molecule has 0 saturated heterocycles. The SMILES string of the molecule is COCCCC(=O)NC1CCCC1(C)C(=O)O. The first-order valence-electron chi connectivity index (χ1n) is 6.02. The molecule has 0 aliphatic heterocycles. The molecule has 2 atom stereocenters. The normalized spacial score (nSPS) is 28.0. The second-order valence-corrected chi connectivity index (χ2v) is 4.83. The Balaban J connectivity index is 2.45. The van der Waals surface area contributed by atoms with Crippen molar-refractivity contribution < 1.29 is 19.4 Å². The van der Waals surface area contributed by atoms with E-state index in [0.717, 1.165) is 12.8 Å². The molecule has 0 aromatic heterocycles. The number of methoxy groups -OCH3 is 1. The van der Waals surface area contributed by atoms with E-state index in [1.54, 1.807) is 14.0 Å². The molecular weight excluding hydrogens is 222 g/mol. The predicted octanol–water partition coefficient (Wildman–Crippen LogP) is 1.17. The lowest BCUT2D eigenvalue weighted by Gasteiger charge is -2.27. The summed E-state index contributed by atoms with van der Waals surface area (Å²) in [5, 5.41) is 12.0. The van der Waals surface area contributed by atoms with Gasteiger partial charge in [0, 0.05) is 26.2 Å². The lowest BCUT2D eigenvalue weighted by Crippen LogP contribution is -2.47. The second kappa shape index (κ2) is 6.00. The highest BCUT2D eigenvalue weighted by molar-refractivity contribution is 5.80. The smallest absolute Gasteiger partial charge is 0.311 e. The molecule has 1 saturated carbocycles. The van der Waals surface area contributed by atoms with Gasteiger partial charge in [0.25, 0.3) is 0 Å². The van der Waals surface area contributed by atoms with Crippen LogP contribution in [-0.4, -0.2) is 36.7 Å². The fourth-order valence-corrected chi connectivity index (χ4v) is 2.30. The van der Waals surface area contributed by atoms with Gasteiger partial charge in [-0.1, -0.05) is 6.42 Å². The van der Waals surface area contributed by atoms with Crippen LogP contribution in [-0.2, 0) is 14.3 Å². The highest BCUT2D eigenvalue weighted by Gasteiger charge is 2.45. The quantitative estimate of drug-likeness (QED) is 0.687. The number of ether oxygens (including phenoxy) is 1. The molecule has 0 heterocycles. The molecule has 5 nitrogen and oxygen atoms in total. The zero-order valence-corrected chi connectivity index (χ0v) is 10.5. The van der Waals surface area contributed by atoms with E-state index in [2.05, 4.69) is 5.32 Å². The van der Waals surface area contributed by atoms with Gasteiger partial charge in [-0.3, -0.25) is 9.59 Å². The van der Waals surface area contributed by atoms with Crippen molar-refractivity contribution in [2.45, 2.75) is 45.1 Å². The molecule has 0 aromatic rings. The largest absolute Gasteiger partial charge is 0.481 e. The van der Waals surface area contributed by atoms with E-state index in [9.17, 15) is 14.7 Å². The predicted molar refractivity (Wildman–Crippen MR) is 62.6 cm³/mol. The van der Waals surface area contributed by atoms with Crippen LogP contribution < -0.4 is 5.32 Å². The van der Waals surface area contributed by atoms with Crippen LogP contribution in [0.2, 0.25) is 0 Å². The maximum atomic E-state index is 11.6. The number of carboxylic acid groups (broad SMARTS) is 1. The molecule has 98 valence electrons. The highest BCUT2D eigenvalue weighted by Crippen LogP contribution is 2.38. The summed E-state index contributed by atoms with van der Waals surface area (Å²) >= 11 is 0. The first-order valence-corrected chi connectivity index (χ1v) is 6.02. The Hall–Kier alpha value is -1.10. The molecule has 1 rings (SSSR count). The van der Waals surface area contributed by atoms with Crippen molar-refractivity contribution in [2.24, 2.45) is 5.41 Å². The Morgan fingerprint density at radius 2 is 2.24 bits per heavy atom. The third kappa shape index (κ3) is 3.43. The molecule has 0 aromatic carbocycles. The summed E-state index contributed by atoms with van der Waals surface area (Å²) in [5.41, 5.74) is -0.809. The van der Waals surface area contributed by atoms with Gasteiger partial charge in [0.1, 0.15) is 0 Å². The lowest BCUT2D eigenvalue weighted by molar-refractivity contribution is -0.149. The second-order valence-electron chi connectivity index (χ2n) is 4.83. The first kappa shape index (κ1) is 14.0. The number of nitrogens with one attached hydrogen (secondary N) is 1. The molecule has 17 heavy (non-hydrogen) atoms. The number of aliphatic carboxylic acids is 1. The number of carbonyl (C=O) groups excluding carboxylic acids is 1. The molecule has 1 fully saturated rings. The standard InChI is InChI=1S/C12H21NO4/c1-12(11(15)16)7-3-5-9(12)13-10(14)6-4-8-17-2/h9H,3-8H2,1-2H3,(H,13,14)(H,15,16). The van der Waals surface area contributed by atoms with Gasteiger partial charge in [0.15, 0.2) is 0 Å². The van der Waals surface area contributed by atoms with Crippen molar-refractivity contribution in [1.82, 2.24) is 5.32 Å². The van der Waals surface area contributed by atoms with E-state index in [1.807, 2.05) is 0 Å². The number of hydrogen-bond donors (Lipinski definition) is 2. The average molecular weight is 243 g/mol. The van der Waals surface area contributed by atoms with Crippen molar-refractivity contribution in [1.29, 1.82) is 0 Å². The van der Waals surface area contributed by atoms with Gasteiger partial charge in [0.05, 0.1) is 5.41 Å². The van der Waals surface area contributed by atoms with Crippen LogP contribution in [0.3, 0.4) is 0 Å². The molecule has 2 unspecified atom stereocenters. The zero-order chi connectivity index (χ0) is 12.9. The van der Waals surface area contributed by atoms with Gasteiger partial charge in [-0.15, -0.1) is 0 Å². The van der Waals surface area contributed by atoms with Gasteiger partial charge in [-0.05, 0) is 26.2 Å². The number of amides is 1. The van der Waals surface area contributed by atoms with Gasteiger partial charge >= 0.3 is 5.97 Å². The Morgan fingerprint density at radius 3 is 2.82 bits per heavy atom. The highest BCUT2D eigenvalue weighted by atomic mass is 16.5. The number of carboxylic acids is 1. The molecule has 2 N–H and O–H groups in total. The summed E-state index contributed by atoms with van der Waals surface area (Å²) in [4.78, 5) is 22.8. The fourth-order valence-electron chi connectivity index (χ4n) is 2.30. The van der Waals surface area contributed by atoms with Gasteiger partial charge in [0.2, 0.25) is 5.91 Å². The van der Waals surface area contributed by atoms with Crippen LogP contribution in [0.5, 0.6) is 0 Å². The minimum atomic E-state index is -0.822.